The van der Waals surface area contributed by atoms with Crippen molar-refractivity contribution in [2.24, 2.45) is 0 Å². The van der Waals surface area contributed by atoms with Crippen molar-refractivity contribution in [1.29, 1.82) is 0 Å². The summed E-state index contributed by atoms with van der Waals surface area (Å²) < 4.78 is 93.0. The number of anilines is 1. The first-order valence-corrected chi connectivity index (χ1v) is 8.45. The maximum Gasteiger partial charge on any atom is 0.416 e. The average Bonchev–Trinajstić information content (AvgIpc) is 2.61. The molecule has 0 bridgehead atoms. The molecule has 0 saturated carbocycles. The molecule has 3 rings (SSSR count). The molecular formula is C21H12F7NO. The highest BCUT2D eigenvalue weighted by molar-refractivity contribution is 6.04. The van der Waals surface area contributed by atoms with Gasteiger partial charge in [0.15, 0.2) is 0 Å². The van der Waals surface area contributed by atoms with E-state index in [1.54, 1.807) is 0 Å². The zero-order chi connectivity index (χ0) is 22.1. The van der Waals surface area contributed by atoms with E-state index in [2.05, 4.69) is 5.32 Å². The summed E-state index contributed by atoms with van der Waals surface area (Å²) in [6, 6.07) is 8.24. The van der Waals surface area contributed by atoms with Crippen molar-refractivity contribution in [2.45, 2.75) is 12.6 Å². The van der Waals surface area contributed by atoms with Gasteiger partial charge in [-0.05, 0) is 47.9 Å². The average molecular weight is 427 g/mol. The molecule has 1 N–H and O–H groups in total. The number of hydrogen-bond acceptors (Lipinski definition) is 1. The van der Waals surface area contributed by atoms with E-state index in [9.17, 15) is 35.5 Å². The summed E-state index contributed by atoms with van der Waals surface area (Å²) in [7, 11) is 0. The fourth-order valence-corrected chi connectivity index (χ4v) is 2.86. The van der Waals surface area contributed by atoms with Crippen LogP contribution >= 0.6 is 0 Å². The van der Waals surface area contributed by atoms with Crippen LogP contribution < -0.4 is 5.32 Å². The Hall–Kier alpha value is -3.36. The van der Waals surface area contributed by atoms with Crippen LogP contribution in [0.5, 0.6) is 0 Å². The smallest absolute Gasteiger partial charge is 0.322 e. The van der Waals surface area contributed by atoms with Crippen LogP contribution in [0.2, 0.25) is 0 Å². The van der Waals surface area contributed by atoms with Gasteiger partial charge in [0.2, 0.25) is 0 Å². The molecule has 9 heteroatoms. The van der Waals surface area contributed by atoms with E-state index in [1.165, 1.54) is 24.3 Å². The van der Waals surface area contributed by atoms with Gasteiger partial charge in [-0.25, -0.2) is 17.6 Å². The van der Waals surface area contributed by atoms with Crippen molar-refractivity contribution in [3.63, 3.8) is 0 Å². The lowest BCUT2D eigenvalue weighted by Gasteiger charge is -2.13. The first-order valence-electron chi connectivity index (χ1n) is 8.45. The van der Waals surface area contributed by atoms with Crippen molar-refractivity contribution in [3.8, 4) is 0 Å². The fourth-order valence-electron chi connectivity index (χ4n) is 2.86. The minimum Gasteiger partial charge on any atom is -0.322 e. The molecule has 0 aliphatic heterocycles. The molecule has 3 aromatic rings. The highest BCUT2D eigenvalue weighted by atomic mass is 19.4. The van der Waals surface area contributed by atoms with Gasteiger partial charge in [0, 0.05) is 17.8 Å². The van der Waals surface area contributed by atoms with Crippen LogP contribution in [0.15, 0.2) is 54.6 Å². The molecular weight excluding hydrogens is 415 g/mol. The summed E-state index contributed by atoms with van der Waals surface area (Å²) in [6.07, 6.45) is -4.89. The van der Waals surface area contributed by atoms with E-state index < -0.39 is 46.5 Å². The van der Waals surface area contributed by atoms with Crippen LogP contribution in [0.1, 0.15) is 27.0 Å². The molecule has 0 aliphatic rings. The lowest BCUT2D eigenvalue weighted by atomic mass is 9.99. The largest absolute Gasteiger partial charge is 0.416 e. The maximum absolute atomic E-state index is 13.7. The molecule has 0 saturated heterocycles. The van der Waals surface area contributed by atoms with E-state index in [1.807, 2.05) is 0 Å². The molecule has 2 nitrogen and oxygen atoms in total. The topological polar surface area (TPSA) is 29.1 Å². The Morgan fingerprint density at radius 1 is 0.800 bits per heavy atom. The van der Waals surface area contributed by atoms with Gasteiger partial charge in [-0.1, -0.05) is 12.1 Å². The molecule has 0 aromatic heterocycles. The minimum atomic E-state index is -4.65. The van der Waals surface area contributed by atoms with E-state index in [-0.39, 0.29) is 17.7 Å². The lowest BCUT2D eigenvalue weighted by molar-refractivity contribution is -0.138. The first-order chi connectivity index (χ1) is 14.0. The number of carbonyl (C=O) groups excluding carboxylic acids is 1. The summed E-state index contributed by atoms with van der Waals surface area (Å²) in [5.41, 5.74) is -1.74. The monoisotopic (exact) mass is 427 g/mol. The Morgan fingerprint density at radius 2 is 1.40 bits per heavy atom. The Morgan fingerprint density at radius 3 is 1.97 bits per heavy atom. The van der Waals surface area contributed by atoms with Crippen LogP contribution in [-0.2, 0) is 12.6 Å². The number of alkyl halides is 3. The highest BCUT2D eigenvalue weighted by Gasteiger charge is 2.33. The number of benzene rings is 3. The van der Waals surface area contributed by atoms with Crippen LogP contribution in [0.25, 0.3) is 0 Å². The van der Waals surface area contributed by atoms with Gasteiger partial charge in [0.05, 0.1) is 5.56 Å². The number of rotatable bonds is 4. The van der Waals surface area contributed by atoms with Crippen LogP contribution in [0, 0.1) is 23.3 Å². The molecule has 0 unspecified atom stereocenters. The van der Waals surface area contributed by atoms with E-state index in [0.717, 1.165) is 12.1 Å². The van der Waals surface area contributed by atoms with Gasteiger partial charge >= 0.3 is 6.18 Å². The maximum atomic E-state index is 13.7. The standard InChI is InChI=1S/C21H12F7NO/c22-13-3-6-16(21(26,27)28)12(8-13)7-11-1-4-15(5-2-11)29-20(30)19-17(24)9-14(23)10-18(19)25/h1-6,8-10H,7H2,(H,29,30). The second-order valence-corrected chi connectivity index (χ2v) is 6.37. The molecule has 0 spiro atoms. The predicted molar refractivity (Wildman–Crippen MR) is 94.9 cm³/mol. The van der Waals surface area contributed by atoms with E-state index in [4.69, 9.17) is 0 Å². The summed E-state index contributed by atoms with van der Waals surface area (Å²) in [6.45, 7) is 0. The molecule has 0 radical (unpaired) electrons. The van der Waals surface area contributed by atoms with Crippen molar-refractivity contribution in [2.75, 3.05) is 5.32 Å². The Kier molecular flexibility index (Phi) is 5.82. The van der Waals surface area contributed by atoms with Gasteiger partial charge in [0.1, 0.15) is 28.8 Å². The van der Waals surface area contributed by atoms with Crippen molar-refractivity contribution in [3.05, 3.63) is 100 Å². The molecule has 156 valence electrons. The van der Waals surface area contributed by atoms with Gasteiger partial charge in [0.25, 0.3) is 5.91 Å². The molecule has 3 aromatic carbocycles. The molecule has 0 atom stereocenters. The second kappa shape index (κ2) is 8.17. The third kappa shape index (κ3) is 4.79. The van der Waals surface area contributed by atoms with Gasteiger partial charge in [-0.15, -0.1) is 0 Å². The summed E-state index contributed by atoms with van der Waals surface area (Å²) in [5.74, 6) is -5.92. The normalized spacial score (nSPS) is 11.4. The number of amides is 1. The van der Waals surface area contributed by atoms with Crippen molar-refractivity contribution < 1.29 is 35.5 Å². The van der Waals surface area contributed by atoms with Gasteiger partial charge < -0.3 is 5.32 Å². The number of hydrogen-bond donors (Lipinski definition) is 1. The summed E-state index contributed by atoms with van der Waals surface area (Å²) in [4.78, 5) is 12.1. The third-order valence-electron chi connectivity index (χ3n) is 4.21. The number of nitrogens with one attached hydrogen (secondary N) is 1. The highest BCUT2D eigenvalue weighted by Crippen LogP contribution is 2.33. The number of halogens is 7. The van der Waals surface area contributed by atoms with Gasteiger partial charge in [-0.3, -0.25) is 4.79 Å². The SMILES string of the molecule is O=C(Nc1ccc(Cc2cc(F)ccc2C(F)(F)F)cc1)c1c(F)cc(F)cc1F. The van der Waals surface area contributed by atoms with Crippen LogP contribution in [0.4, 0.5) is 36.4 Å². The zero-order valence-corrected chi connectivity index (χ0v) is 15.0. The quantitative estimate of drug-likeness (QED) is 0.501. The molecule has 1 amide bonds. The predicted octanol–water partition coefficient (Wildman–Crippen LogP) is 6.10. The third-order valence-corrected chi connectivity index (χ3v) is 4.21. The minimum absolute atomic E-state index is 0.0992. The first kappa shape index (κ1) is 21.4. The number of carbonyl (C=O) groups is 1. The Labute approximate surface area is 166 Å². The van der Waals surface area contributed by atoms with E-state index >= 15 is 0 Å². The summed E-state index contributed by atoms with van der Waals surface area (Å²) in [5, 5.41) is 2.21. The Balaban J connectivity index is 1.78. The van der Waals surface area contributed by atoms with Crippen molar-refractivity contribution >= 4 is 11.6 Å². The zero-order valence-electron chi connectivity index (χ0n) is 15.0. The van der Waals surface area contributed by atoms with Crippen molar-refractivity contribution in [1.82, 2.24) is 0 Å². The Bertz CT molecular complexity index is 1070. The van der Waals surface area contributed by atoms with Crippen LogP contribution in [0.3, 0.4) is 0 Å². The van der Waals surface area contributed by atoms with Crippen LogP contribution in [-0.4, -0.2) is 5.91 Å². The molecule has 0 aliphatic carbocycles. The van der Waals surface area contributed by atoms with Gasteiger partial charge in [-0.2, -0.15) is 13.2 Å². The second-order valence-electron chi connectivity index (χ2n) is 6.37. The molecule has 0 fully saturated rings. The molecule has 0 heterocycles. The summed E-state index contributed by atoms with van der Waals surface area (Å²) >= 11 is 0. The molecule has 30 heavy (non-hydrogen) atoms. The lowest BCUT2D eigenvalue weighted by Crippen LogP contribution is -2.16. The van der Waals surface area contributed by atoms with E-state index in [0.29, 0.717) is 23.8 Å². The fraction of sp³-hybridized carbons (Fsp3) is 0.0952.